The Kier molecular flexibility index (Phi) is 5.72. The molecular formula is C9H21NO2. The smallest absolute Gasteiger partial charge is 0.222 e. The summed E-state index contributed by atoms with van der Waals surface area (Å²) in [4.78, 5) is 11.0. The fourth-order valence-electron chi connectivity index (χ4n) is 0.781. The van der Waals surface area contributed by atoms with Crippen molar-refractivity contribution < 1.29 is 11.0 Å². The average molecular weight is 175 g/mol. The summed E-state index contributed by atoms with van der Waals surface area (Å²) < 4.78 is 5.23. The van der Waals surface area contributed by atoms with E-state index in [4.69, 9.17) is 4.74 Å². The van der Waals surface area contributed by atoms with Gasteiger partial charge < -0.3 is 10.1 Å². The number of hydrogen-bond acceptors (Lipinski definition) is 2. The van der Waals surface area contributed by atoms with E-state index in [1.165, 1.54) is 0 Å². The van der Waals surface area contributed by atoms with Gasteiger partial charge in [0.15, 0.2) is 0 Å². The third kappa shape index (κ3) is 7.54. The van der Waals surface area contributed by atoms with E-state index in [0.717, 1.165) is 0 Å². The van der Waals surface area contributed by atoms with Crippen molar-refractivity contribution in [2.24, 2.45) is 0 Å². The Morgan fingerprint density at radius 2 is 2.00 bits per heavy atom. The lowest BCUT2D eigenvalue weighted by Gasteiger charge is -2.09. The number of ether oxygens (including phenoxy) is 1. The van der Waals surface area contributed by atoms with Crippen molar-refractivity contribution in [1.82, 2.24) is 5.32 Å². The summed E-state index contributed by atoms with van der Waals surface area (Å²) >= 11 is 0. The second-order valence-corrected chi connectivity index (χ2v) is 3.39. The molecule has 0 rings (SSSR count). The first kappa shape index (κ1) is 11.4. The van der Waals surface area contributed by atoms with Crippen LogP contribution >= 0.6 is 0 Å². The maximum atomic E-state index is 11.0. The van der Waals surface area contributed by atoms with Crippen LogP contribution in [0.1, 0.15) is 35.5 Å². The lowest BCUT2D eigenvalue weighted by atomic mass is 10.3. The van der Waals surface area contributed by atoms with Crippen molar-refractivity contribution in [2.75, 3.05) is 6.61 Å². The number of carbonyl (C=O) groups is 1. The molecule has 0 radical (unpaired) electrons. The monoisotopic (exact) mass is 175 g/mol. The van der Waals surface area contributed by atoms with Crippen molar-refractivity contribution in [1.29, 1.82) is 0 Å². The zero-order chi connectivity index (χ0) is 9.56. The lowest BCUT2D eigenvalue weighted by molar-refractivity contribution is -0.122. The Morgan fingerprint density at radius 3 is 2.42 bits per heavy atom. The maximum absolute atomic E-state index is 11.0. The number of carbonyl (C=O) groups excluding carboxylic acids is 1. The molecule has 0 spiro atoms. The molecule has 0 atom stereocenters. The van der Waals surface area contributed by atoms with Gasteiger partial charge in [-0.1, -0.05) is 0 Å². The highest BCUT2D eigenvalue weighted by Gasteiger charge is 2.02. The van der Waals surface area contributed by atoms with E-state index in [1.54, 1.807) is 0 Å². The number of nitrogens with one attached hydrogen (secondary N) is 1. The number of amides is 1. The van der Waals surface area contributed by atoms with Crippen LogP contribution in [0.5, 0.6) is 0 Å². The fraction of sp³-hybridized carbons (Fsp3) is 0.889. The third-order valence-electron chi connectivity index (χ3n) is 1.23. The molecule has 1 N–H and O–H groups in total. The molecule has 0 aliphatic heterocycles. The lowest BCUT2D eigenvalue weighted by Crippen LogP contribution is -2.30. The summed E-state index contributed by atoms with van der Waals surface area (Å²) in [6, 6.07) is 0.219. The minimum atomic E-state index is 0. The maximum Gasteiger partial charge on any atom is 0.222 e. The standard InChI is InChI=1S/C9H19NO2.H2/c1-7(2)10-9(11)5-6-12-8(3)4;/h7-8H,5-6H2,1-4H3,(H,10,11);1H. The van der Waals surface area contributed by atoms with Crippen LogP contribution in [0.3, 0.4) is 0 Å². The van der Waals surface area contributed by atoms with E-state index >= 15 is 0 Å². The minimum absolute atomic E-state index is 0. The van der Waals surface area contributed by atoms with Crippen LogP contribution in [-0.2, 0) is 9.53 Å². The van der Waals surface area contributed by atoms with Crippen LogP contribution in [0.15, 0.2) is 0 Å². The zero-order valence-corrected chi connectivity index (χ0v) is 8.39. The topological polar surface area (TPSA) is 38.3 Å². The first-order valence-electron chi connectivity index (χ1n) is 4.43. The Bertz CT molecular complexity index is 138. The van der Waals surface area contributed by atoms with Crippen molar-refractivity contribution >= 4 is 5.91 Å². The van der Waals surface area contributed by atoms with Crippen LogP contribution in [0.2, 0.25) is 0 Å². The summed E-state index contributed by atoms with van der Waals surface area (Å²) in [5.41, 5.74) is 0. The van der Waals surface area contributed by atoms with Crippen LogP contribution in [-0.4, -0.2) is 24.7 Å². The average Bonchev–Trinajstić information content (AvgIpc) is 1.84. The Hall–Kier alpha value is -0.570. The molecule has 0 aromatic carbocycles. The second kappa shape index (κ2) is 6.00. The quantitative estimate of drug-likeness (QED) is 0.689. The summed E-state index contributed by atoms with van der Waals surface area (Å²) in [6.07, 6.45) is 0.660. The van der Waals surface area contributed by atoms with E-state index in [0.29, 0.717) is 13.0 Å². The van der Waals surface area contributed by atoms with Gasteiger partial charge in [-0.15, -0.1) is 0 Å². The summed E-state index contributed by atoms with van der Waals surface area (Å²) in [5, 5.41) is 2.80. The molecule has 0 fully saturated rings. The first-order chi connectivity index (χ1) is 5.52. The minimum Gasteiger partial charge on any atom is -0.378 e. The summed E-state index contributed by atoms with van der Waals surface area (Å²) in [6.45, 7) is 8.32. The van der Waals surface area contributed by atoms with Gasteiger partial charge in [-0.3, -0.25) is 4.79 Å². The molecule has 0 aliphatic carbocycles. The van der Waals surface area contributed by atoms with Crippen molar-refractivity contribution in [3.8, 4) is 0 Å². The molecule has 0 unspecified atom stereocenters. The normalized spacial score (nSPS) is 10.8. The van der Waals surface area contributed by atoms with E-state index < -0.39 is 0 Å². The molecule has 0 saturated carbocycles. The van der Waals surface area contributed by atoms with Gasteiger partial charge in [-0.25, -0.2) is 0 Å². The number of hydrogen-bond donors (Lipinski definition) is 1. The van der Waals surface area contributed by atoms with Gasteiger partial charge in [-0.2, -0.15) is 0 Å². The van der Waals surface area contributed by atoms with Gasteiger partial charge >= 0.3 is 0 Å². The Balaban J connectivity index is 0. The van der Waals surface area contributed by atoms with Gasteiger partial charge in [0.1, 0.15) is 0 Å². The molecule has 74 valence electrons. The molecule has 1 amide bonds. The van der Waals surface area contributed by atoms with Gasteiger partial charge in [-0.05, 0) is 27.7 Å². The van der Waals surface area contributed by atoms with E-state index in [2.05, 4.69) is 5.32 Å². The SMILES string of the molecule is CC(C)NC(=O)CCOC(C)C.[HH]. The van der Waals surface area contributed by atoms with Crippen LogP contribution in [0, 0.1) is 0 Å². The highest BCUT2D eigenvalue weighted by Crippen LogP contribution is 1.90. The largest absolute Gasteiger partial charge is 0.378 e. The van der Waals surface area contributed by atoms with E-state index in [1.807, 2.05) is 27.7 Å². The van der Waals surface area contributed by atoms with Crippen LogP contribution in [0.4, 0.5) is 0 Å². The summed E-state index contributed by atoms with van der Waals surface area (Å²) in [7, 11) is 0. The fourth-order valence-corrected chi connectivity index (χ4v) is 0.781. The molecule has 12 heavy (non-hydrogen) atoms. The van der Waals surface area contributed by atoms with Crippen LogP contribution in [0.25, 0.3) is 0 Å². The van der Waals surface area contributed by atoms with Gasteiger partial charge in [0, 0.05) is 13.9 Å². The summed E-state index contributed by atoms with van der Waals surface area (Å²) in [5.74, 6) is 0.0608. The molecule has 0 saturated heterocycles. The highest BCUT2D eigenvalue weighted by atomic mass is 16.5. The van der Waals surface area contributed by atoms with Gasteiger partial charge in [0.2, 0.25) is 5.91 Å². The molecule has 0 aromatic heterocycles. The predicted octanol–water partition coefficient (Wildman–Crippen LogP) is 1.57. The van der Waals surface area contributed by atoms with Gasteiger partial charge in [0.25, 0.3) is 0 Å². The van der Waals surface area contributed by atoms with Crippen LogP contribution < -0.4 is 5.32 Å². The first-order valence-corrected chi connectivity index (χ1v) is 4.43. The molecule has 0 aliphatic rings. The highest BCUT2D eigenvalue weighted by molar-refractivity contribution is 5.76. The second-order valence-electron chi connectivity index (χ2n) is 3.39. The third-order valence-corrected chi connectivity index (χ3v) is 1.23. The molecule has 3 heteroatoms. The van der Waals surface area contributed by atoms with Crippen molar-refractivity contribution in [3.05, 3.63) is 0 Å². The van der Waals surface area contributed by atoms with Crippen molar-refractivity contribution in [2.45, 2.75) is 46.3 Å². The molecule has 0 bridgehead atoms. The molecule has 0 aromatic rings. The van der Waals surface area contributed by atoms with Crippen molar-refractivity contribution in [3.63, 3.8) is 0 Å². The van der Waals surface area contributed by atoms with E-state index in [9.17, 15) is 4.79 Å². The Morgan fingerprint density at radius 1 is 1.42 bits per heavy atom. The molecule has 3 nitrogen and oxygen atoms in total. The van der Waals surface area contributed by atoms with Gasteiger partial charge in [0.05, 0.1) is 12.7 Å². The van der Waals surface area contributed by atoms with E-state index in [-0.39, 0.29) is 19.5 Å². The molecule has 0 heterocycles. The molecular weight excluding hydrogens is 154 g/mol. The Labute approximate surface area is 76.0 Å². The number of rotatable bonds is 5. The zero-order valence-electron chi connectivity index (χ0n) is 8.39. The predicted molar refractivity (Wildman–Crippen MR) is 51.1 cm³/mol.